The molecule has 2 aliphatic rings. The van der Waals surface area contributed by atoms with Crippen LogP contribution in [-0.2, 0) is 16.1 Å². The molecule has 2 unspecified atom stereocenters. The lowest BCUT2D eigenvalue weighted by Crippen LogP contribution is -2.51. The molecule has 5 nitrogen and oxygen atoms in total. The summed E-state index contributed by atoms with van der Waals surface area (Å²) < 4.78 is 5.36. The predicted octanol–water partition coefficient (Wildman–Crippen LogP) is 2.75. The van der Waals surface area contributed by atoms with Gasteiger partial charge in [0.05, 0.1) is 6.04 Å². The number of hydrogen-bond donors (Lipinski definition) is 2. The molecule has 2 saturated heterocycles. The van der Waals surface area contributed by atoms with E-state index < -0.39 is 6.04 Å². The lowest BCUT2D eigenvalue weighted by atomic mass is 9.91. The van der Waals surface area contributed by atoms with E-state index >= 15 is 0 Å². The molecule has 1 amide bonds. The number of hydrogen-bond acceptors (Lipinski definition) is 4. The topological polar surface area (TPSA) is 67.6 Å². The summed E-state index contributed by atoms with van der Waals surface area (Å²) in [4.78, 5) is 15.0. The van der Waals surface area contributed by atoms with Crippen LogP contribution in [0.15, 0.2) is 30.3 Å². The first-order valence-electron chi connectivity index (χ1n) is 9.63. The van der Waals surface area contributed by atoms with E-state index in [1.54, 1.807) is 0 Å². The van der Waals surface area contributed by atoms with E-state index in [9.17, 15) is 4.79 Å². The Morgan fingerprint density at radius 2 is 1.85 bits per heavy atom. The molecular weight excluding hydrogens is 385 g/mol. The van der Waals surface area contributed by atoms with Gasteiger partial charge in [0.15, 0.2) is 0 Å². The van der Waals surface area contributed by atoms with Gasteiger partial charge in [0.1, 0.15) is 0 Å². The molecule has 0 radical (unpaired) electrons. The second-order valence-corrected chi connectivity index (χ2v) is 7.33. The summed E-state index contributed by atoms with van der Waals surface area (Å²) in [5.41, 5.74) is 7.52. The van der Waals surface area contributed by atoms with Crippen LogP contribution >= 0.6 is 24.8 Å². The number of nitrogens with one attached hydrogen (secondary N) is 1. The largest absolute Gasteiger partial charge is 0.381 e. The van der Waals surface area contributed by atoms with Crippen LogP contribution in [-0.4, -0.2) is 49.2 Å². The van der Waals surface area contributed by atoms with E-state index in [4.69, 9.17) is 10.5 Å². The molecule has 2 fully saturated rings. The highest BCUT2D eigenvalue weighted by molar-refractivity contribution is 5.85. The van der Waals surface area contributed by atoms with Crippen LogP contribution in [0.1, 0.15) is 37.7 Å². The number of benzene rings is 1. The molecule has 0 bridgehead atoms. The zero-order chi connectivity index (χ0) is 17.5. The van der Waals surface area contributed by atoms with Crippen LogP contribution in [0.25, 0.3) is 0 Å². The fourth-order valence-corrected chi connectivity index (χ4v) is 3.94. The molecular formula is C20H33Cl2N3O2. The second kappa shape index (κ2) is 12.6. The Morgan fingerprint density at radius 1 is 1.15 bits per heavy atom. The number of nitrogens with zero attached hydrogens (tertiary/aromatic N) is 1. The average molecular weight is 418 g/mol. The quantitative estimate of drug-likeness (QED) is 0.746. The van der Waals surface area contributed by atoms with Crippen LogP contribution in [0.3, 0.4) is 0 Å². The van der Waals surface area contributed by atoms with Crippen LogP contribution in [0, 0.1) is 5.92 Å². The smallest absolute Gasteiger partial charge is 0.237 e. The second-order valence-electron chi connectivity index (χ2n) is 7.33. The van der Waals surface area contributed by atoms with E-state index in [-0.39, 0.29) is 36.6 Å². The van der Waals surface area contributed by atoms with Crippen molar-refractivity contribution in [1.29, 1.82) is 0 Å². The molecule has 2 aliphatic heterocycles. The zero-order valence-electron chi connectivity index (χ0n) is 15.8. The van der Waals surface area contributed by atoms with Gasteiger partial charge in [-0.25, -0.2) is 0 Å². The number of amides is 1. The summed E-state index contributed by atoms with van der Waals surface area (Å²) in [6, 6.07) is 10.6. The van der Waals surface area contributed by atoms with Gasteiger partial charge in [-0.2, -0.15) is 0 Å². The fourth-order valence-electron chi connectivity index (χ4n) is 3.94. The molecule has 0 aliphatic carbocycles. The molecule has 7 heteroatoms. The van der Waals surface area contributed by atoms with E-state index in [2.05, 4.69) is 40.5 Å². The number of carbonyl (C=O) groups excluding carboxylic acids is 1. The summed E-state index contributed by atoms with van der Waals surface area (Å²) in [6.45, 7) is 4.19. The third-order valence-corrected chi connectivity index (χ3v) is 5.57. The monoisotopic (exact) mass is 417 g/mol. The van der Waals surface area contributed by atoms with Gasteiger partial charge in [0, 0.05) is 32.3 Å². The molecule has 3 rings (SSSR count). The molecule has 154 valence electrons. The number of nitrogens with two attached hydrogens (primary N) is 1. The van der Waals surface area contributed by atoms with Crippen molar-refractivity contribution in [1.82, 2.24) is 10.2 Å². The third kappa shape index (κ3) is 7.24. The zero-order valence-corrected chi connectivity index (χ0v) is 17.5. The van der Waals surface area contributed by atoms with E-state index in [0.29, 0.717) is 12.6 Å². The van der Waals surface area contributed by atoms with Gasteiger partial charge in [-0.05, 0) is 43.7 Å². The number of piperidine rings is 1. The summed E-state index contributed by atoms with van der Waals surface area (Å²) in [7, 11) is 0. The minimum Gasteiger partial charge on any atom is -0.381 e. The van der Waals surface area contributed by atoms with Gasteiger partial charge in [0.25, 0.3) is 0 Å². The maximum atomic E-state index is 12.5. The molecule has 0 saturated carbocycles. The summed E-state index contributed by atoms with van der Waals surface area (Å²) in [6.07, 6.45) is 5.38. The van der Waals surface area contributed by atoms with E-state index in [1.807, 2.05) is 0 Å². The molecule has 2 atom stereocenters. The van der Waals surface area contributed by atoms with Crippen molar-refractivity contribution in [3.8, 4) is 0 Å². The Hall–Kier alpha value is -0.850. The van der Waals surface area contributed by atoms with Gasteiger partial charge in [0.2, 0.25) is 5.91 Å². The fraction of sp³-hybridized carbons (Fsp3) is 0.650. The molecule has 3 N–H and O–H groups in total. The third-order valence-electron chi connectivity index (χ3n) is 5.57. The maximum absolute atomic E-state index is 12.5. The van der Waals surface area contributed by atoms with Crippen molar-refractivity contribution in [2.24, 2.45) is 11.7 Å². The minimum atomic E-state index is -0.407. The van der Waals surface area contributed by atoms with E-state index in [0.717, 1.165) is 45.6 Å². The molecule has 27 heavy (non-hydrogen) atoms. The predicted molar refractivity (Wildman–Crippen MR) is 114 cm³/mol. The van der Waals surface area contributed by atoms with Gasteiger partial charge in [-0.1, -0.05) is 36.8 Å². The number of rotatable bonds is 6. The number of halogens is 2. The van der Waals surface area contributed by atoms with Crippen LogP contribution in [0.4, 0.5) is 0 Å². The van der Waals surface area contributed by atoms with Gasteiger partial charge in [-0.15, -0.1) is 24.8 Å². The lowest BCUT2D eigenvalue weighted by Gasteiger charge is -2.36. The Labute approximate surface area is 175 Å². The summed E-state index contributed by atoms with van der Waals surface area (Å²) in [5, 5.41) is 3.12. The van der Waals surface area contributed by atoms with Gasteiger partial charge < -0.3 is 15.8 Å². The van der Waals surface area contributed by atoms with Gasteiger partial charge >= 0.3 is 0 Å². The Morgan fingerprint density at radius 3 is 2.56 bits per heavy atom. The van der Waals surface area contributed by atoms with Gasteiger partial charge in [-0.3, -0.25) is 9.69 Å². The maximum Gasteiger partial charge on any atom is 0.237 e. The Balaban J connectivity index is 0.00000182. The Bertz CT molecular complexity index is 541. The van der Waals surface area contributed by atoms with E-state index in [1.165, 1.54) is 18.4 Å². The molecule has 1 aromatic carbocycles. The van der Waals surface area contributed by atoms with Crippen LogP contribution in [0.2, 0.25) is 0 Å². The summed E-state index contributed by atoms with van der Waals surface area (Å²) >= 11 is 0. The lowest BCUT2D eigenvalue weighted by molar-refractivity contribution is -0.124. The van der Waals surface area contributed by atoms with Crippen molar-refractivity contribution in [2.75, 3.05) is 26.3 Å². The van der Waals surface area contributed by atoms with Crippen molar-refractivity contribution < 1.29 is 9.53 Å². The van der Waals surface area contributed by atoms with Crippen molar-refractivity contribution in [3.63, 3.8) is 0 Å². The van der Waals surface area contributed by atoms with Crippen molar-refractivity contribution in [3.05, 3.63) is 35.9 Å². The van der Waals surface area contributed by atoms with Crippen LogP contribution < -0.4 is 11.1 Å². The standard InChI is InChI=1S/C20H31N3O2.2ClH/c21-19(17-9-12-25-13-10-17)20(24)22-14-18-8-4-5-11-23(18)15-16-6-2-1-3-7-16;;/h1-3,6-7,17-19H,4-5,8-15,21H2,(H,22,24);2*1H. The molecule has 0 aromatic heterocycles. The van der Waals surface area contributed by atoms with Crippen LogP contribution in [0.5, 0.6) is 0 Å². The Kier molecular flexibility index (Phi) is 11.3. The average Bonchev–Trinajstić information content (AvgIpc) is 2.68. The highest BCUT2D eigenvalue weighted by Crippen LogP contribution is 2.20. The first kappa shape index (κ1) is 24.2. The number of ether oxygens (including phenoxy) is 1. The normalized spacial score (nSPS) is 22.2. The number of likely N-dealkylation sites (tertiary alicyclic amines) is 1. The SMILES string of the molecule is Cl.Cl.NC(C(=O)NCC1CCCCN1Cc1ccccc1)C1CCOCC1. The first-order chi connectivity index (χ1) is 12.2. The van der Waals surface area contributed by atoms with Crippen molar-refractivity contribution in [2.45, 2.75) is 50.7 Å². The molecule has 0 spiro atoms. The highest BCUT2D eigenvalue weighted by atomic mass is 35.5. The molecule has 1 aromatic rings. The van der Waals surface area contributed by atoms with Crippen molar-refractivity contribution >= 4 is 30.7 Å². The highest BCUT2D eigenvalue weighted by Gasteiger charge is 2.28. The summed E-state index contributed by atoms with van der Waals surface area (Å²) in [5.74, 6) is 0.248. The molecule has 2 heterocycles. The number of carbonyl (C=O) groups is 1. The minimum absolute atomic E-state index is 0. The first-order valence-corrected chi connectivity index (χ1v) is 9.63.